The van der Waals surface area contributed by atoms with Crippen molar-refractivity contribution in [1.29, 1.82) is 0 Å². The summed E-state index contributed by atoms with van der Waals surface area (Å²) in [6, 6.07) is 2.32. The Bertz CT molecular complexity index is 829. The molecule has 1 aliphatic heterocycles. The molecule has 0 aromatic carbocycles. The third kappa shape index (κ3) is 3.83. The molecule has 2 aromatic heterocycles. The molecule has 9 heteroatoms. The molecule has 0 spiro atoms. The van der Waals surface area contributed by atoms with Gasteiger partial charge in [-0.05, 0) is 38.8 Å². The minimum absolute atomic E-state index is 0.00548. The molecule has 1 aliphatic rings. The molecule has 2 N–H and O–H groups in total. The predicted molar refractivity (Wildman–Crippen MR) is 93.3 cm³/mol. The zero-order chi connectivity index (χ0) is 19.8. The van der Waals surface area contributed by atoms with Gasteiger partial charge in [-0.3, -0.25) is 4.79 Å². The summed E-state index contributed by atoms with van der Waals surface area (Å²) < 4.78 is 39.6. The van der Waals surface area contributed by atoms with E-state index in [1.807, 2.05) is 4.90 Å². The lowest BCUT2D eigenvalue weighted by molar-refractivity contribution is -0.137. The molecule has 146 valence electrons. The number of carbonyl (C=O) groups excluding carboxylic acids is 1. The first-order chi connectivity index (χ1) is 12.7. The number of rotatable bonds is 4. The Hall–Kier alpha value is -2.42. The molecule has 1 fully saturated rings. The van der Waals surface area contributed by atoms with Gasteiger partial charge in [-0.2, -0.15) is 18.3 Å². The van der Waals surface area contributed by atoms with Crippen molar-refractivity contribution in [3.63, 3.8) is 0 Å². The molecule has 2 aromatic rings. The standard InChI is InChI=1S/C18H22F3N5O/c1-11-15(8-17(27)25-7-3-4-14(25)9-22)12(2)26(24-11)16-6-5-13(10-23-16)18(19,20)21/h5-6,10,14H,3-4,7-9,22H2,1-2H3/t14-/m1/s1. The van der Waals surface area contributed by atoms with Crippen LogP contribution in [0.15, 0.2) is 18.3 Å². The van der Waals surface area contributed by atoms with Crippen LogP contribution < -0.4 is 5.73 Å². The summed E-state index contributed by atoms with van der Waals surface area (Å²) in [5, 5.41) is 4.37. The fraction of sp³-hybridized carbons (Fsp3) is 0.500. The summed E-state index contributed by atoms with van der Waals surface area (Å²) >= 11 is 0. The van der Waals surface area contributed by atoms with Crippen LogP contribution in [-0.2, 0) is 17.4 Å². The first-order valence-electron chi connectivity index (χ1n) is 8.80. The quantitative estimate of drug-likeness (QED) is 0.882. The second-order valence-corrected chi connectivity index (χ2v) is 6.76. The number of nitrogens with zero attached hydrogens (tertiary/aromatic N) is 4. The number of hydrogen-bond acceptors (Lipinski definition) is 4. The second-order valence-electron chi connectivity index (χ2n) is 6.76. The van der Waals surface area contributed by atoms with Crippen molar-refractivity contribution in [2.45, 2.75) is 45.3 Å². The largest absolute Gasteiger partial charge is 0.417 e. The van der Waals surface area contributed by atoms with Crippen molar-refractivity contribution in [3.05, 3.63) is 40.8 Å². The lowest BCUT2D eigenvalue weighted by atomic mass is 10.1. The van der Waals surface area contributed by atoms with Gasteiger partial charge in [-0.15, -0.1) is 0 Å². The molecule has 0 saturated carbocycles. The predicted octanol–water partition coefficient (Wildman–Crippen LogP) is 2.40. The van der Waals surface area contributed by atoms with E-state index in [4.69, 9.17) is 5.73 Å². The Labute approximate surface area is 155 Å². The number of halogens is 3. The molecule has 0 unspecified atom stereocenters. The van der Waals surface area contributed by atoms with Gasteiger partial charge < -0.3 is 10.6 Å². The number of pyridine rings is 1. The van der Waals surface area contributed by atoms with Gasteiger partial charge in [0.2, 0.25) is 5.91 Å². The second kappa shape index (κ2) is 7.30. The van der Waals surface area contributed by atoms with Crippen LogP contribution in [0.2, 0.25) is 0 Å². The van der Waals surface area contributed by atoms with Crippen molar-refractivity contribution in [1.82, 2.24) is 19.7 Å². The first kappa shape index (κ1) is 19.3. The Kier molecular flexibility index (Phi) is 5.23. The average Bonchev–Trinajstić information content (AvgIpc) is 3.21. The number of likely N-dealkylation sites (tertiary alicyclic amines) is 1. The molecule has 1 atom stereocenters. The Morgan fingerprint density at radius 3 is 2.67 bits per heavy atom. The lowest BCUT2D eigenvalue weighted by Crippen LogP contribution is -2.40. The van der Waals surface area contributed by atoms with Crippen LogP contribution in [0.3, 0.4) is 0 Å². The van der Waals surface area contributed by atoms with Crippen LogP contribution in [0.1, 0.15) is 35.4 Å². The number of hydrogen-bond donors (Lipinski definition) is 1. The number of aromatic nitrogens is 3. The van der Waals surface area contributed by atoms with E-state index in [0.717, 1.165) is 30.7 Å². The minimum Gasteiger partial charge on any atom is -0.338 e. The Morgan fingerprint density at radius 2 is 2.07 bits per heavy atom. The van der Waals surface area contributed by atoms with Crippen LogP contribution >= 0.6 is 0 Å². The highest BCUT2D eigenvalue weighted by molar-refractivity contribution is 5.80. The summed E-state index contributed by atoms with van der Waals surface area (Å²) in [7, 11) is 0. The highest BCUT2D eigenvalue weighted by Gasteiger charge is 2.31. The number of aryl methyl sites for hydroxylation is 1. The summed E-state index contributed by atoms with van der Waals surface area (Å²) in [6.45, 7) is 4.71. The maximum absolute atomic E-state index is 12.7. The summed E-state index contributed by atoms with van der Waals surface area (Å²) in [5.74, 6) is 0.275. The monoisotopic (exact) mass is 381 g/mol. The highest BCUT2D eigenvalue weighted by Crippen LogP contribution is 2.29. The highest BCUT2D eigenvalue weighted by atomic mass is 19.4. The number of carbonyl (C=O) groups is 1. The van der Waals surface area contributed by atoms with Crippen LogP contribution in [0.25, 0.3) is 5.82 Å². The van der Waals surface area contributed by atoms with Gasteiger partial charge in [0, 0.05) is 36.6 Å². The summed E-state index contributed by atoms with van der Waals surface area (Å²) in [5.41, 5.74) is 7.04. The van der Waals surface area contributed by atoms with E-state index in [2.05, 4.69) is 10.1 Å². The zero-order valence-electron chi connectivity index (χ0n) is 15.3. The van der Waals surface area contributed by atoms with Crippen molar-refractivity contribution < 1.29 is 18.0 Å². The number of amides is 1. The molecule has 0 radical (unpaired) electrons. The maximum Gasteiger partial charge on any atom is 0.417 e. The van der Waals surface area contributed by atoms with Crippen LogP contribution in [0.4, 0.5) is 13.2 Å². The third-order valence-corrected chi connectivity index (χ3v) is 5.03. The normalized spacial score (nSPS) is 17.6. The van der Waals surface area contributed by atoms with Crippen molar-refractivity contribution >= 4 is 5.91 Å². The third-order valence-electron chi connectivity index (χ3n) is 5.03. The average molecular weight is 381 g/mol. The number of alkyl halides is 3. The van der Waals surface area contributed by atoms with Crippen LogP contribution in [0, 0.1) is 13.8 Å². The summed E-state index contributed by atoms with van der Waals surface area (Å²) in [6.07, 6.45) is -1.61. The van der Waals surface area contributed by atoms with E-state index in [0.29, 0.717) is 24.5 Å². The first-order valence-corrected chi connectivity index (χ1v) is 8.80. The topological polar surface area (TPSA) is 77.0 Å². The molecular weight excluding hydrogens is 359 g/mol. The fourth-order valence-electron chi connectivity index (χ4n) is 3.49. The van der Waals surface area contributed by atoms with Crippen LogP contribution in [0.5, 0.6) is 0 Å². The smallest absolute Gasteiger partial charge is 0.338 e. The Morgan fingerprint density at radius 1 is 1.33 bits per heavy atom. The Balaban J connectivity index is 1.83. The molecule has 3 rings (SSSR count). The molecule has 0 bridgehead atoms. The molecular formula is C18H22F3N5O. The van der Waals surface area contributed by atoms with Gasteiger partial charge in [-0.25, -0.2) is 9.67 Å². The van der Waals surface area contributed by atoms with Gasteiger partial charge in [-0.1, -0.05) is 0 Å². The van der Waals surface area contributed by atoms with E-state index in [9.17, 15) is 18.0 Å². The van der Waals surface area contributed by atoms with Crippen molar-refractivity contribution in [2.24, 2.45) is 5.73 Å². The molecule has 27 heavy (non-hydrogen) atoms. The maximum atomic E-state index is 12.7. The number of nitrogens with two attached hydrogens (primary N) is 1. The SMILES string of the molecule is Cc1nn(-c2ccc(C(F)(F)F)cn2)c(C)c1CC(=O)N1CCC[C@@H]1CN. The summed E-state index contributed by atoms with van der Waals surface area (Å²) in [4.78, 5) is 18.4. The lowest BCUT2D eigenvalue weighted by Gasteiger charge is -2.23. The molecule has 3 heterocycles. The van der Waals surface area contributed by atoms with Gasteiger partial charge >= 0.3 is 6.18 Å². The van der Waals surface area contributed by atoms with E-state index < -0.39 is 11.7 Å². The molecule has 6 nitrogen and oxygen atoms in total. The van der Waals surface area contributed by atoms with E-state index in [1.54, 1.807) is 13.8 Å². The zero-order valence-corrected chi connectivity index (χ0v) is 15.3. The van der Waals surface area contributed by atoms with Crippen LogP contribution in [-0.4, -0.2) is 44.7 Å². The molecule has 1 saturated heterocycles. The van der Waals surface area contributed by atoms with E-state index in [1.165, 1.54) is 10.7 Å². The van der Waals surface area contributed by atoms with Gasteiger partial charge in [0.15, 0.2) is 5.82 Å². The van der Waals surface area contributed by atoms with E-state index >= 15 is 0 Å². The van der Waals surface area contributed by atoms with Gasteiger partial charge in [0.1, 0.15) is 0 Å². The van der Waals surface area contributed by atoms with E-state index in [-0.39, 0.29) is 24.2 Å². The van der Waals surface area contributed by atoms with Gasteiger partial charge in [0.05, 0.1) is 17.7 Å². The molecule has 1 amide bonds. The van der Waals surface area contributed by atoms with Gasteiger partial charge in [0.25, 0.3) is 0 Å². The minimum atomic E-state index is -4.44. The van der Waals surface area contributed by atoms with Crippen molar-refractivity contribution in [2.75, 3.05) is 13.1 Å². The van der Waals surface area contributed by atoms with Crippen molar-refractivity contribution in [3.8, 4) is 5.82 Å². The fourth-order valence-corrected chi connectivity index (χ4v) is 3.49. The molecule has 0 aliphatic carbocycles.